The van der Waals surface area contributed by atoms with Crippen molar-refractivity contribution < 1.29 is 13.5 Å². The first-order valence-electron chi connectivity index (χ1n) is 8.10. The van der Waals surface area contributed by atoms with Crippen LogP contribution in [0.3, 0.4) is 0 Å². The molecule has 0 aliphatic heterocycles. The average Bonchev–Trinajstić information content (AvgIpc) is 3.10. The van der Waals surface area contributed by atoms with Gasteiger partial charge in [-0.3, -0.25) is 4.99 Å². The van der Waals surface area contributed by atoms with Crippen molar-refractivity contribution in [3.8, 4) is 5.75 Å². The minimum atomic E-state index is -0.300. The molecule has 0 bridgehead atoms. The Morgan fingerprint density at radius 3 is 2.76 bits per heavy atom. The Kier molecular flexibility index (Phi) is 9.98. The zero-order valence-corrected chi connectivity index (χ0v) is 16.8. The van der Waals surface area contributed by atoms with Gasteiger partial charge >= 0.3 is 0 Å². The first-order chi connectivity index (χ1) is 11.7. The monoisotopic (exact) mass is 461 g/mol. The second-order valence-corrected chi connectivity index (χ2v) is 5.31. The van der Waals surface area contributed by atoms with Crippen LogP contribution in [0.5, 0.6) is 5.75 Å². The molecule has 1 aromatic carbocycles. The predicted molar refractivity (Wildman–Crippen MR) is 108 cm³/mol. The average molecular weight is 461 g/mol. The van der Waals surface area contributed by atoms with E-state index >= 15 is 0 Å². The maximum Gasteiger partial charge on any atom is 0.191 e. The van der Waals surface area contributed by atoms with E-state index < -0.39 is 0 Å². The van der Waals surface area contributed by atoms with Gasteiger partial charge in [-0.2, -0.15) is 0 Å². The summed E-state index contributed by atoms with van der Waals surface area (Å²) < 4.78 is 24.3. The lowest BCUT2D eigenvalue weighted by Crippen LogP contribution is -2.43. The zero-order chi connectivity index (χ0) is 17.2. The second kappa shape index (κ2) is 11.7. The Balaban J connectivity index is 0.00000312. The van der Waals surface area contributed by atoms with Crippen molar-refractivity contribution in [3.05, 3.63) is 54.2 Å². The van der Waals surface area contributed by atoms with Crippen LogP contribution in [0.15, 0.2) is 52.1 Å². The molecule has 1 unspecified atom stereocenters. The van der Waals surface area contributed by atoms with E-state index in [0.717, 1.165) is 18.6 Å². The van der Waals surface area contributed by atoms with Crippen LogP contribution in [0.1, 0.15) is 19.1 Å². The number of rotatable bonds is 8. The van der Waals surface area contributed by atoms with E-state index in [1.165, 1.54) is 12.1 Å². The summed E-state index contributed by atoms with van der Waals surface area (Å²) in [5, 5.41) is 6.45. The summed E-state index contributed by atoms with van der Waals surface area (Å²) >= 11 is 0. The van der Waals surface area contributed by atoms with Crippen LogP contribution in [-0.2, 0) is 6.42 Å². The number of nitrogens with zero attached hydrogens (tertiary/aromatic N) is 1. The number of nitrogens with one attached hydrogen (secondary N) is 2. The molecule has 0 amide bonds. The maximum absolute atomic E-state index is 13.2. The van der Waals surface area contributed by atoms with E-state index in [1.807, 2.05) is 19.1 Å². The molecule has 0 radical (unpaired) electrons. The van der Waals surface area contributed by atoms with Crippen molar-refractivity contribution >= 4 is 29.9 Å². The summed E-state index contributed by atoms with van der Waals surface area (Å²) in [6.45, 7) is 3.32. The molecule has 138 valence electrons. The van der Waals surface area contributed by atoms with E-state index in [0.29, 0.717) is 24.8 Å². The fourth-order valence-electron chi connectivity index (χ4n) is 2.19. The summed E-state index contributed by atoms with van der Waals surface area (Å²) in [6.07, 6.45) is 3.17. The third-order valence-corrected chi connectivity index (χ3v) is 3.52. The molecule has 1 atom stereocenters. The summed E-state index contributed by atoms with van der Waals surface area (Å²) in [6, 6.07) is 9.99. The minimum Gasteiger partial charge on any atom is -0.489 e. The van der Waals surface area contributed by atoms with Gasteiger partial charge < -0.3 is 19.8 Å². The molecular formula is C18H25FIN3O2. The Labute approximate surface area is 165 Å². The maximum atomic E-state index is 13.2. The molecule has 0 spiro atoms. The summed E-state index contributed by atoms with van der Waals surface area (Å²) in [5.41, 5.74) is 0. The standard InChI is InChI=1S/C18H24FN3O2.HI/c1-3-15(24-17-7-4-6-14(19)12-17)13-22-18(20-2)21-10-9-16-8-5-11-23-16;/h4-8,11-12,15H,3,9-10,13H2,1-2H3,(H2,20,21,22);1H. The zero-order valence-electron chi connectivity index (χ0n) is 14.5. The van der Waals surface area contributed by atoms with Gasteiger partial charge in [-0.15, -0.1) is 24.0 Å². The number of furan rings is 1. The number of hydrogen-bond donors (Lipinski definition) is 2. The van der Waals surface area contributed by atoms with E-state index in [-0.39, 0.29) is 35.9 Å². The van der Waals surface area contributed by atoms with Crippen molar-refractivity contribution in [1.82, 2.24) is 10.6 Å². The van der Waals surface area contributed by atoms with E-state index in [4.69, 9.17) is 9.15 Å². The molecule has 7 heteroatoms. The molecule has 0 saturated carbocycles. The van der Waals surface area contributed by atoms with Gasteiger partial charge in [0.15, 0.2) is 5.96 Å². The van der Waals surface area contributed by atoms with Gasteiger partial charge in [0.05, 0.1) is 12.8 Å². The molecule has 1 aromatic heterocycles. The lowest BCUT2D eigenvalue weighted by molar-refractivity contribution is 0.199. The summed E-state index contributed by atoms with van der Waals surface area (Å²) in [7, 11) is 1.72. The number of ether oxygens (including phenoxy) is 1. The number of benzene rings is 1. The van der Waals surface area contributed by atoms with Crippen molar-refractivity contribution in [2.75, 3.05) is 20.1 Å². The first-order valence-corrected chi connectivity index (χ1v) is 8.10. The Morgan fingerprint density at radius 2 is 2.12 bits per heavy atom. The Morgan fingerprint density at radius 1 is 1.28 bits per heavy atom. The van der Waals surface area contributed by atoms with Gasteiger partial charge in [0.1, 0.15) is 23.4 Å². The topological polar surface area (TPSA) is 58.8 Å². The molecule has 1 heterocycles. The van der Waals surface area contributed by atoms with Crippen molar-refractivity contribution in [3.63, 3.8) is 0 Å². The number of halogens is 2. The van der Waals surface area contributed by atoms with E-state index in [9.17, 15) is 4.39 Å². The van der Waals surface area contributed by atoms with E-state index in [1.54, 1.807) is 25.4 Å². The van der Waals surface area contributed by atoms with Gasteiger partial charge in [0, 0.05) is 26.1 Å². The molecule has 0 aliphatic rings. The quantitative estimate of drug-likeness (QED) is 0.359. The third kappa shape index (κ3) is 7.76. The Hall–Kier alpha value is -1.77. The van der Waals surface area contributed by atoms with Crippen LogP contribution in [0, 0.1) is 5.82 Å². The molecule has 2 aromatic rings. The molecular weight excluding hydrogens is 436 g/mol. The second-order valence-electron chi connectivity index (χ2n) is 5.31. The van der Waals surface area contributed by atoms with Gasteiger partial charge in [-0.1, -0.05) is 13.0 Å². The van der Waals surface area contributed by atoms with Crippen molar-refractivity contribution in [2.24, 2.45) is 4.99 Å². The smallest absolute Gasteiger partial charge is 0.191 e. The number of guanidine groups is 1. The molecule has 25 heavy (non-hydrogen) atoms. The Bertz CT molecular complexity index is 635. The van der Waals surface area contributed by atoms with Crippen molar-refractivity contribution in [2.45, 2.75) is 25.9 Å². The van der Waals surface area contributed by atoms with Gasteiger partial charge in [-0.25, -0.2) is 4.39 Å². The van der Waals surface area contributed by atoms with Crippen LogP contribution in [0.2, 0.25) is 0 Å². The summed E-state index contributed by atoms with van der Waals surface area (Å²) in [4.78, 5) is 4.18. The lowest BCUT2D eigenvalue weighted by Gasteiger charge is -2.20. The summed E-state index contributed by atoms with van der Waals surface area (Å²) in [5.74, 6) is 1.86. The third-order valence-electron chi connectivity index (χ3n) is 3.52. The molecule has 0 aliphatic carbocycles. The largest absolute Gasteiger partial charge is 0.489 e. The highest BCUT2D eigenvalue weighted by Crippen LogP contribution is 2.14. The van der Waals surface area contributed by atoms with Crippen LogP contribution in [0.4, 0.5) is 4.39 Å². The van der Waals surface area contributed by atoms with Gasteiger partial charge in [-0.05, 0) is 30.7 Å². The number of hydrogen-bond acceptors (Lipinski definition) is 3. The highest BCUT2D eigenvalue weighted by Gasteiger charge is 2.10. The highest BCUT2D eigenvalue weighted by atomic mass is 127. The molecule has 0 saturated heterocycles. The van der Waals surface area contributed by atoms with Gasteiger partial charge in [0.25, 0.3) is 0 Å². The first kappa shape index (κ1) is 21.3. The fraction of sp³-hybridized carbons (Fsp3) is 0.389. The normalized spacial score (nSPS) is 12.2. The molecule has 2 rings (SSSR count). The lowest BCUT2D eigenvalue weighted by atomic mass is 10.2. The van der Waals surface area contributed by atoms with Crippen LogP contribution in [-0.4, -0.2) is 32.2 Å². The SMILES string of the molecule is CCC(CNC(=NC)NCCc1ccco1)Oc1cccc(F)c1.I. The van der Waals surface area contributed by atoms with E-state index in [2.05, 4.69) is 15.6 Å². The highest BCUT2D eigenvalue weighted by molar-refractivity contribution is 14.0. The molecule has 2 N–H and O–H groups in total. The van der Waals surface area contributed by atoms with Crippen molar-refractivity contribution in [1.29, 1.82) is 0 Å². The predicted octanol–water partition coefficient (Wildman–Crippen LogP) is 3.60. The number of aliphatic imine (C=N–C) groups is 1. The fourth-order valence-corrected chi connectivity index (χ4v) is 2.19. The van der Waals surface area contributed by atoms with Crippen LogP contribution in [0.25, 0.3) is 0 Å². The van der Waals surface area contributed by atoms with Crippen LogP contribution < -0.4 is 15.4 Å². The van der Waals surface area contributed by atoms with Crippen LogP contribution >= 0.6 is 24.0 Å². The molecule has 0 fully saturated rings. The minimum absolute atomic E-state index is 0. The van der Waals surface area contributed by atoms with Gasteiger partial charge in [0.2, 0.25) is 0 Å². The molecule has 5 nitrogen and oxygen atoms in total.